The molecule has 3 atom stereocenters. The normalized spacial score (nSPS) is 25.4. The van der Waals surface area contributed by atoms with Gasteiger partial charge in [0.15, 0.2) is 0 Å². The van der Waals surface area contributed by atoms with Crippen molar-refractivity contribution < 1.29 is 0 Å². The highest BCUT2D eigenvalue weighted by Gasteiger charge is 2.30. The Morgan fingerprint density at radius 1 is 1.33 bits per heavy atom. The van der Waals surface area contributed by atoms with Gasteiger partial charge in [0.25, 0.3) is 0 Å². The molecule has 5 heteroatoms. The molecule has 0 saturated carbocycles. The molecule has 1 fully saturated rings. The standard InChI is InChI=1S/C16H31N5/c1-6-13(5)15-9-20(14(7-2)8-17-15)10-16-18-11-19-21(16)12(3)4/h11-15,17H,6-10H2,1-5H3. The van der Waals surface area contributed by atoms with E-state index in [0.29, 0.717) is 24.0 Å². The van der Waals surface area contributed by atoms with Crippen molar-refractivity contribution in [3.8, 4) is 0 Å². The number of nitrogens with zero attached hydrogens (tertiary/aromatic N) is 4. The molecule has 2 heterocycles. The lowest BCUT2D eigenvalue weighted by Gasteiger charge is -2.42. The van der Waals surface area contributed by atoms with Gasteiger partial charge in [-0.2, -0.15) is 5.10 Å². The molecule has 0 amide bonds. The lowest BCUT2D eigenvalue weighted by Crippen LogP contribution is -2.57. The van der Waals surface area contributed by atoms with Crippen molar-refractivity contribution in [3.05, 3.63) is 12.2 Å². The second kappa shape index (κ2) is 7.36. The average molecular weight is 293 g/mol. The van der Waals surface area contributed by atoms with Crippen LogP contribution in [-0.4, -0.2) is 44.8 Å². The van der Waals surface area contributed by atoms with Crippen LogP contribution >= 0.6 is 0 Å². The number of aromatic nitrogens is 3. The molecule has 1 N–H and O–H groups in total. The summed E-state index contributed by atoms with van der Waals surface area (Å²) < 4.78 is 2.05. The van der Waals surface area contributed by atoms with E-state index >= 15 is 0 Å². The van der Waals surface area contributed by atoms with Crippen LogP contribution in [0, 0.1) is 5.92 Å². The lowest BCUT2D eigenvalue weighted by molar-refractivity contribution is 0.0947. The third-order valence-electron chi connectivity index (χ3n) is 4.85. The fourth-order valence-electron chi connectivity index (χ4n) is 3.14. The number of piperazine rings is 1. The van der Waals surface area contributed by atoms with Gasteiger partial charge < -0.3 is 5.32 Å². The van der Waals surface area contributed by atoms with E-state index in [-0.39, 0.29) is 0 Å². The molecule has 0 bridgehead atoms. The van der Waals surface area contributed by atoms with Gasteiger partial charge >= 0.3 is 0 Å². The Labute approximate surface area is 129 Å². The van der Waals surface area contributed by atoms with Crippen molar-refractivity contribution >= 4 is 0 Å². The van der Waals surface area contributed by atoms with Gasteiger partial charge in [0.2, 0.25) is 0 Å². The van der Waals surface area contributed by atoms with Crippen LogP contribution in [0.25, 0.3) is 0 Å². The average Bonchev–Trinajstić information content (AvgIpc) is 2.94. The molecule has 0 aromatic carbocycles. The van der Waals surface area contributed by atoms with Crippen molar-refractivity contribution in [2.24, 2.45) is 5.92 Å². The Hall–Kier alpha value is -0.940. The van der Waals surface area contributed by atoms with Gasteiger partial charge in [-0.15, -0.1) is 0 Å². The highest BCUT2D eigenvalue weighted by molar-refractivity contribution is 4.93. The van der Waals surface area contributed by atoms with Crippen LogP contribution in [0.3, 0.4) is 0 Å². The summed E-state index contributed by atoms with van der Waals surface area (Å²) in [5.41, 5.74) is 0. The van der Waals surface area contributed by atoms with Crippen molar-refractivity contribution in [2.75, 3.05) is 13.1 Å². The first kappa shape index (κ1) is 16.4. The Bertz CT molecular complexity index is 428. The number of hydrogen-bond acceptors (Lipinski definition) is 4. The number of hydrogen-bond donors (Lipinski definition) is 1. The minimum Gasteiger partial charge on any atom is -0.311 e. The lowest BCUT2D eigenvalue weighted by atomic mass is 9.95. The summed E-state index contributed by atoms with van der Waals surface area (Å²) in [7, 11) is 0. The van der Waals surface area contributed by atoms with Gasteiger partial charge in [0.1, 0.15) is 12.2 Å². The van der Waals surface area contributed by atoms with Crippen LogP contribution in [-0.2, 0) is 6.54 Å². The maximum Gasteiger partial charge on any atom is 0.141 e. The van der Waals surface area contributed by atoms with E-state index in [1.807, 2.05) is 4.68 Å². The second-order valence-electron chi connectivity index (χ2n) is 6.61. The molecule has 21 heavy (non-hydrogen) atoms. The van der Waals surface area contributed by atoms with E-state index in [9.17, 15) is 0 Å². The minimum absolute atomic E-state index is 0.371. The van der Waals surface area contributed by atoms with Crippen LogP contribution in [0.4, 0.5) is 0 Å². The van der Waals surface area contributed by atoms with E-state index < -0.39 is 0 Å². The number of rotatable bonds is 6. The summed E-state index contributed by atoms with van der Waals surface area (Å²) in [6, 6.07) is 1.56. The molecule has 0 aliphatic carbocycles. The summed E-state index contributed by atoms with van der Waals surface area (Å²) in [5, 5.41) is 8.10. The zero-order valence-corrected chi connectivity index (χ0v) is 14.2. The van der Waals surface area contributed by atoms with Gasteiger partial charge in [-0.1, -0.05) is 27.2 Å². The molecule has 1 aliphatic heterocycles. The predicted octanol–water partition coefficient (Wildman–Crippen LogP) is 2.46. The Balaban J connectivity index is 2.08. The summed E-state index contributed by atoms with van der Waals surface area (Å²) in [4.78, 5) is 7.07. The van der Waals surface area contributed by atoms with Gasteiger partial charge in [-0.3, -0.25) is 4.90 Å². The van der Waals surface area contributed by atoms with E-state index in [2.05, 4.69) is 54.9 Å². The van der Waals surface area contributed by atoms with Crippen LogP contribution in [0.1, 0.15) is 59.3 Å². The van der Waals surface area contributed by atoms with Crippen LogP contribution in [0.5, 0.6) is 0 Å². The van der Waals surface area contributed by atoms with Crippen LogP contribution in [0.2, 0.25) is 0 Å². The zero-order chi connectivity index (χ0) is 15.4. The first-order valence-corrected chi connectivity index (χ1v) is 8.42. The molecule has 0 radical (unpaired) electrons. The van der Waals surface area contributed by atoms with E-state index in [1.54, 1.807) is 6.33 Å². The highest BCUT2D eigenvalue weighted by atomic mass is 15.4. The molecule has 0 spiro atoms. The maximum absolute atomic E-state index is 4.48. The molecule has 2 rings (SSSR count). The molecule has 1 aromatic heterocycles. The Morgan fingerprint density at radius 2 is 2.10 bits per heavy atom. The van der Waals surface area contributed by atoms with E-state index in [4.69, 9.17) is 0 Å². The van der Waals surface area contributed by atoms with Crippen LogP contribution in [0.15, 0.2) is 6.33 Å². The molecular formula is C16H31N5. The van der Waals surface area contributed by atoms with E-state index in [0.717, 1.165) is 25.5 Å². The Kier molecular flexibility index (Phi) is 5.76. The SMILES string of the molecule is CCC(C)C1CN(Cc2ncnn2C(C)C)C(CC)CN1. The topological polar surface area (TPSA) is 46.0 Å². The minimum atomic E-state index is 0.371. The molecule has 5 nitrogen and oxygen atoms in total. The number of nitrogens with one attached hydrogen (secondary N) is 1. The molecule has 1 aromatic rings. The smallest absolute Gasteiger partial charge is 0.141 e. The first-order chi connectivity index (χ1) is 10.1. The van der Waals surface area contributed by atoms with Crippen molar-refractivity contribution in [3.63, 3.8) is 0 Å². The molecular weight excluding hydrogens is 262 g/mol. The quantitative estimate of drug-likeness (QED) is 0.875. The van der Waals surface area contributed by atoms with Crippen molar-refractivity contribution in [1.82, 2.24) is 25.0 Å². The zero-order valence-electron chi connectivity index (χ0n) is 14.2. The largest absolute Gasteiger partial charge is 0.311 e. The van der Waals surface area contributed by atoms with Gasteiger partial charge in [-0.25, -0.2) is 9.67 Å². The molecule has 1 saturated heterocycles. The van der Waals surface area contributed by atoms with Crippen molar-refractivity contribution in [2.45, 2.75) is 72.1 Å². The summed E-state index contributed by atoms with van der Waals surface area (Å²) in [6.45, 7) is 14.3. The highest BCUT2D eigenvalue weighted by Crippen LogP contribution is 2.19. The Morgan fingerprint density at radius 3 is 2.71 bits per heavy atom. The van der Waals surface area contributed by atoms with Gasteiger partial charge in [0.05, 0.1) is 6.54 Å². The van der Waals surface area contributed by atoms with Gasteiger partial charge in [-0.05, 0) is 26.2 Å². The third-order valence-corrected chi connectivity index (χ3v) is 4.85. The maximum atomic E-state index is 4.48. The first-order valence-electron chi connectivity index (χ1n) is 8.42. The fraction of sp³-hybridized carbons (Fsp3) is 0.875. The van der Waals surface area contributed by atoms with Gasteiger partial charge in [0, 0.05) is 31.2 Å². The predicted molar refractivity (Wildman–Crippen MR) is 86.1 cm³/mol. The summed E-state index contributed by atoms with van der Waals surface area (Å²) in [6.07, 6.45) is 4.09. The van der Waals surface area contributed by atoms with Crippen molar-refractivity contribution in [1.29, 1.82) is 0 Å². The molecule has 1 aliphatic rings. The van der Waals surface area contributed by atoms with Crippen LogP contribution < -0.4 is 5.32 Å². The molecule has 120 valence electrons. The third kappa shape index (κ3) is 3.83. The molecule has 3 unspecified atom stereocenters. The second-order valence-corrected chi connectivity index (χ2v) is 6.61. The van der Waals surface area contributed by atoms with E-state index in [1.165, 1.54) is 12.8 Å². The summed E-state index contributed by atoms with van der Waals surface area (Å²) >= 11 is 0. The fourth-order valence-corrected chi connectivity index (χ4v) is 3.14. The summed E-state index contributed by atoms with van der Waals surface area (Å²) in [5.74, 6) is 1.81. The monoisotopic (exact) mass is 293 g/mol.